The molecule has 0 aliphatic heterocycles. The number of nitrogens with two attached hydrogens (primary N) is 1. The first kappa shape index (κ1) is 20.3. The van der Waals surface area contributed by atoms with Gasteiger partial charge in [-0.2, -0.15) is 10.1 Å². The van der Waals surface area contributed by atoms with Crippen molar-refractivity contribution in [2.24, 2.45) is 0 Å². The van der Waals surface area contributed by atoms with Gasteiger partial charge in [0, 0.05) is 11.8 Å². The summed E-state index contributed by atoms with van der Waals surface area (Å²) in [6.07, 6.45) is 3.55. The average molecular weight is 421 g/mol. The van der Waals surface area contributed by atoms with E-state index in [9.17, 15) is 4.79 Å². The topological polar surface area (TPSA) is 123 Å². The van der Waals surface area contributed by atoms with Gasteiger partial charge in [0.1, 0.15) is 12.4 Å². The molecule has 31 heavy (non-hydrogen) atoms. The number of benzene rings is 1. The SMILES string of the molecule is CCOC(=O)Cn1cc(-c2ccc(Cn3c(OC)nc4c(N)nc(C)nc43)cc2)cn1. The minimum Gasteiger partial charge on any atom is -0.468 e. The lowest BCUT2D eigenvalue weighted by atomic mass is 10.1. The van der Waals surface area contributed by atoms with Crippen LogP contribution >= 0.6 is 0 Å². The van der Waals surface area contributed by atoms with Crippen LogP contribution in [0.1, 0.15) is 18.3 Å². The fourth-order valence-electron chi connectivity index (χ4n) is 3.34. The van der Waals surface area contributed by atoms with E-state index in [1.165, 1.54) is 0 Å². The van der Waals surface area contributed by atoms with Crippen molar-refractivity contribution in [3.05, 3.63) is 48.0 Å². The highest BCUT2D eigenvalue weighted by atomic mass is 16.5. The number of methoxy groups -OCH3 is 1. The third-order valence-electron chi connectivity index (χ3n) is 4.74. The maximum Gasteiger partial charge on any atom is 0.327 e. The Kier molecular flexibility index (Phi) is 5.52. The van der Waals surface area contributed by atoms with Crippen LogP contribution in [0, 0.1) is 6.92 Å². The number of carbonyl (C=O) groups excluding carboxylic acids is 1. The molecular weight excluding hydrogens is 398 g/mol. The quantitative estimate of drug-likeness (QED) is 0.451. The van der Waals surface area contributed by atoms with Gasteiger partial charge in [0.15, 0.2) is 17.0 Å². The summed E-state index contributed by atoms with van der Waals surface area (Å²) < 4.78 is 13.8. The lowest BCUT2D eigenvalue weighted by Gasteiger charge is -2.08. The molecular formula is C21H23N7O3. The molecule has 0 saturated heterocycles. The van der Waals surface area contributed by atoms with Gasteiger partial charge in [-0.1, -0.05) is 24.3 Å². The Balaban J connectivity index is 1.56. The Morgan fingerprint density at radius 3 is 2.61 bits per heavy atom. The molecule has 10 heteroatoms. The van der Waals surface area contributed by atoms with Crippen molar-refractivity contribution in [1.29, 1.82) is 0 Å². The first-order chi connectivity index (χ1) is 15.0. The zero-order valence-electron chi connectivity index (χ0n) is 17.6. The van der Waals surface area contributed by atoms with Crippen LogP contribution in [0.15, 0.2) is 36.7 Å². The molecule has 4 rings (SSSR count). The van der Waals surface area contributed by atoms with E-state index in [1.54, 1.807) is 31.8 Å². The van der Waals surface area contributed by atoms with Gasteiger partial charge in [-0.3, -0.25) is 14.0 Å². The lowest BCUT2D eigenvalue weighted by molar-refractivity contribution is -0.144. The molecule has 0 spiro atoms. The standard InChI is InChI=1S/C21H23N7O3/c1-4-31-17(29)12-27-11-16(9-23-27)15-7-5-14(6-8-15)10-28-20-18(26-21(28)30-3)19(22)24-13(2)25-20/h5-9,11H,4,10,12H2,1-3H3,(H2,22,24,25). The van der Waals surface area contributed by atoms with Gasteiger partial charge in [0.25, 0.3) is 6.01 Å². The average Bonchev–Trinajstić information content (AvgIpc) is 3.34. The number of nitrogens with zero attached hydrogens (tertiary/aromatic N) is 6. The van der Waals surface area contributed by atoms with E-state index in [4.69, 9.17) is 15.2 Å². The van der Waals surface area contributed by atoms with Crippen LogP contribution in [0.3, 0.4) is 0 Å². The van der Waals surface area contributed by atoms with Gasteiger partial charge in [-0.25, -0.2) is 9.97 Å². The summed E-state index contributed by atoms with van der Waals surface area (Å²) in [5.41, 5.74) is 10.1. The van der Waals surface area contributed by atoms with E-state index < -0.39 is 0 Å². The van der Waals surface area contributed by atoms with Crippen LogP contribution in [-0.2, 0) is 22.6 Å². The molecule has 2 N–H and O–H groups in total. The molecule has 1 aromatic carbocycles. The van der Waals surface area contributed by atoms with Crippen LogP contribution in [-0.4, -0.2) is 49.0 Å². The Morgan fingerprint density at radius 1 is 1.13 bits per heavy atom. The Hall–Kier alpha value is -3.95. The summed E-state index contributed by atoms with van der Waals surface area (Å²) >= 11 is 0. The Morgan fingerprint density at radius 2 is 1.90 bits per heavy atom. The predicted octanol–water partition coefficient (Wildman–Crippen LogP) is 2.20. The first-order valence-corrected chi connectivity index (χ1v) is 9.80. The van der Waals surface area contributed by atoms with Crippen LogP contribution < -0.4 is 10.5 Å². The van der Waals surface area contributed by atoms with Gasteiger partial charge in [0.2, 0.25) is 0 Å². The predicted molar refractivity (Wildman–Crippen MR) is 114 cm³/mol. The molecule has 3 aromatic heterocycles. The molecule has 160 valence electrons. The van der Waals surface area contributed by atoms with E-state index in [0.29, 0.717) is 42.0 Å². The minimum absolute atomic E-state index is 0.0871. The maximum absolute atomic E-state index is 11.6. The molecule has 0 amide bonds. The second kappa shape index (κ2) is 8.42. The number of aromatic nitrogens is 6. The van der Waals surface area contributed by atoms with Crippen molar-refractivity contribution >= 4 is 23.0 Å². The zero-order chi connectivity index (χ0) is 22.0. The van der Waals surface area contributed by atoms with Crippen LogP contribution in [0.25, 0.3) is 22.3 Å². The number of hydrogen-bond acceptors (Lipinski definition) is 8. The number of ether oxygens (including phenoxy) is 2. The van der Waals surface area contributed by atoms with Crippen LogP contribution in [0.2, 0.25) is 0 Å². The summed E-state index contributed by atoms with van der Waals surface area (Å²) in [4.78, 5) is 24.7. The van der Waals surface area contributed by atoms with Gasteiger partial charge in [-0.15, -0.1) is 0 Å². The third-order valence-corrected chi connectivity index (χ3v) is 4.74. The first-order valence-electron chi connectivity index (χ1n) is 9.80. The number of fused-ring (bicyclic) bond motifs is 1. The van der Waals surface area contributed by atoms with E-state index in [2.05, 4.69) is 20.1 Å². The Labute approximate surface area is 178 Å². The fourth-order valence-corrected chi connectivity index (χ4v) is 3.34. The zero-order valence-corrected chi connectivity index (χ0v) is 17.6. The van der Waals surface area contributed by atoms with E-state index in [1.807, 2.05) is 35.0 Å². The number of aryl methyl sites for hydroxylation is 1. The summed E-state index contributed by atoms with van der Waals surface area (Å²) in [6.45, 7) is 4.52. The number of esters is 1. The maximum atomic E-state index is 11.6. The van der Waals surface area contributed by atoms with Crippen molar-refractivity contribution in [3.8, 4) is 17.1 Å². The molecule has 0 saturated carbocycles. The molecule has 0 unspecified atom stereocenters. The van der Waals surface area contributed by atoms with Crippen molar-refractivity contribution in [1.82, 2.24) is 29.3 Å². The number of anilines is 1. The summed E-state index contributed by atoms with van der Waals surface area (Å²) in [6, 6.07) is 8.45. The van der Waals surface area contributed by atoms with Crippen LogP contribution in [0.4, 0.5) is 5.82 Å². The summed E-state index contributed by atoms with van der Waals surface area (Å²) in [5, 5.41) is 4.23. The van der Waals surface area contributed by atoms with Gasteiger partial charge in [-0.05, 0) is 25.0 Å². The third kappa shape index (κ3) is 4.18. The van der Waals surface area contributed by atoms with Gasteiger partial charge < -0.3 is 15.2 Å². The second-order valence-electron chi connectivity index (χ2n) is 6.94. The van der Waals surface area contributed by atoms with E-state index in [0.717, 1.165) is 16.7 Å². The largest absolute Gasteiger partial charge is 0.468 e. The highest BCUT2D eigenvalue weighted by Crippen LogP contribution is 2.25. The number of hydrogen-bond donors (Lipinski definition) is 1. The Bertz CT molecular complexity index is 1230. The molecule has 4 aromatic rings. The molecule has 0 bridgehead atoms. The number of carbonyl (C=O) groups is 1. The molecule has 0 atom stereocenters. The number of imidazole rings is 1. The fraction of sp³-hybridized carbons (Fsp3) is 0.286. The number of rotatable bonds is 7. The van der Waals surface area contributed by atoms with E-state index >= 15 is 0 Å². The van der Waals surface area contributed by atoms with Crippen LogP contribution in [0.5, 0.6) is 6.01 Å². The van der Waals surface area contributed by atoms with Gasteiger partial charge in [0.05, 0.1) is 26.5 Å². The van der Waals surface area contributed by atoms with Gasteiger partial charge >= 0.3 is 5.97 Å². The normalized spacial score (nSPS) is 11.1. The summed E-state index contributed by atoms with van der Waals surface area (Å²) in [5.74, 6) is 0.590. The monoisotopic (exact) mass is 421 g/mol. The molecule has 0 aliphatic carbocycles. The number of nitrogen functional groups attached to an aromatic ring is 1. The summed E-state index contributed by atoms with van der Waals surface area (Å²) in [7, 11) is 1.56. The molecule has 3 heterocycles. The second-order valence-corrected chi connectivity index (χ2v) is 6.94. The molecule has 0 fully saturated rings. The molecule has 0 radical (unpaired) electrons. The molecule has 0 aliphatic rings. The van der Waals surface area contributed by atoms with Crippen molar-refractivity contribution in [2.75, 3.05) is 19.5 Å². The van der Waals surface area contributed by atoms with Crippen molar-refractivity contribution in [2.45, 2.75) is 26.9 Å². The highest BCUT2D eigenvalue weighted by Gasteiger charge is 2.17. The van der Waals surface area contributed by atoms with E-state index in [-0.39, 0.29) is 12.5 Å². The molecule has 10 nitrogen and oxygen atoms in total. The van der Waals surface area contributed by atoms with Crippen molar-refractivity contribution < 1.29 is 14.3 Å². The lowest BCUT2D eigenvalue weighted by Crippen LogP contribution is -2.13. The minimum atomic E-state index is -0.311. The smallest absolute Gasteiger partial charge is 0.327 e. The van der Waals surface area contributed by atoms with Crippen molar-refractivity contribution in [3.63, 3.8) is 0 Å². The highest BCUT2D eigenvalue weighted by molar-refractivity contribution is 5.83.